The third-order valence-electron chi connectivity index (χ3n) is 3.81. The molecule has 1 aromatic heterocycles. The van der Waals surface area contributed by atoms with Crippen molar-refractivity contribution in [3.05, 3.63) is 58.6 Å². The van der Waals surface area contributed by atoms with Gasteiger partial charge in [0.25, 0.3) is 5.91 Å². The highest BCUT2D eigenvalue weighted by Crippen LogP contribution is 2.37. The fourth-order valence-corrected chi connectivity index (χ4v) is 2.71. The Morgan fingerprint density at radius 2 is 2.04 bits per heavy atom. The van der Waals surface area contributed by atoms with Crippen molar-refractivity contribution < 1.29 is 14.7 Å². The number of rotatable bonds is 6. The summed E-state index contributed by atoms with van der Waals surface area (Å²) < 4.78 is 0. The number of carbonyl (C=O) groups is 2. The SMILES string of the molecule is O=C(O)C[C@H](NC(=O)c1ccnc(C2CC2)n1)c1ccccc1Cl. The summed E-state index contributed by atoms with van der Waals surface area (Å²) in [5, 5.41) is 12.2. The minimum atomic E-state index is -1.03. The normalized spacial score (nSPS) is 14.9. The van der Waals surface area contributed by atoms with E-state index in [1.54, 1.807) is 30.5 Å². The summed E-state index contributed by atoms with van der Waals surface area (Å²) in [7, 11) is 0. The maximum absolute atomic E-state index is 12.5. The third kappa shape index (κ3) is 3.89. The van der Waals surface area contributed by atoms with Crippen molar-refractivity contribution >= 4 is 23.5 Å². The number of amides is 1. The molecule has 1 atom stereocenters. The van der Waals surface area contributed by atoms with Crippen molar-refractivity contribution in [2.45, 2.75) is 31.2 Å². The van der Waals surface area contributed by atoms with Crippen molar-refractivity contribution in [2.24, 2.45) is 0 Å². The first-order valence-corrected chi connectivity index (χ1v) is 8.02. The van der Waals surface area contributed by atoms with E-state index in [0.29, 0.717) is 22.3 Å². The lowest BCUT2D eigenvalue weighted by molar-refractivity contribution is -0.137. The number of nitrogens with zero attached hydrogens (tertiary/aromatic N) is 2. The van der Waals surface area contributed by atoms with E-state index in [9.17, 15) is 9.59 Å². The van der Waals surface area contributed by atoms with E-state index in [0.717, 1.165) is 12.8 Å². The average Bonchev–Trinajstić information content (AvgIpc) is 3.39. The van der Waals surface area contributed by atoms with E-state index in [1.807, 2.05) is 0 Å². The second kappa shape index (κ2) is 6.97. The Balaban J connectivity index is 1.81. The molecule has 0 saturated heterocycles. The van der Waals surface area contributed by atoms with Crippen LogP contribution in [0.2, 0.25) is 5.02 Å². The van der Waals surface area contributed by atoms with Crippen LogP contribution in [0.25, 0.3) is 0 Å². The van der Waals surface area contributed by atoms with Gasteiger partial charge in [-0.1, -0.05) is 29.8 Å². The van der Waals surface area contributed by atoms with Gasteiger partial charge in [0, 0.05) is 17.1 Å². The van der Waals surface area contributed by atoms with Crippen LogP contribution < -0.4 is 5.32 Å². The second-order valence-corrected chi connectivity index (χ2v) is 6.13. The van der Waals surface area contributed by atoms with E-state index in [4.69, 9.17) is 16.7 Å². The number of carboxylic acids is 1. The van der Waals surface area contributed by atoms with Gasteiger partial charge in [0.2, 0.25) is 0 Å². The first-order chi connectivity index (χ1) is 11.5. The van der Waals surface area contributed by atoms with Crippen LogP contribution in [0, 0.1) is 0 Å². The van der Waals surface area contributed by atoms with E-state index in [2.05, 4.69) is 15.3 Å². The van der Waals surface area contributed by atoms with Gasteiger partial charge in [-0.25, -0.2) is 9.97 Å². The lowest BCUT2D eigenvalue weighted by Gasteiger charge is -2.18. The molecular formula is C17H16ClN3O3. The number of aromatic nitrogens is 2. The number of aliphatic carboxylic acids is 1. The molecule has 1 saturated carbocycles. The molecule has 1 heterocycles. The first-order valence-electron chi connectivity index (χ1n) is 7.64. The van der Waals surface area contributed by atoms with Gasteiger partial charge < -0.3 is 10.4 Å². The molecule has 3 rings (SSSR count). The lowest BCUT2D eigenvalue weighted by Crippen LogP contribution is -2.31. The first kappa shape index (κ1) is 16.4. The summed E-state index contributed by atoms with van der Waals surface area (Å²) in [5.74, 6) is -0.474. The Kier molecular flexibility index (Phi) is 4.76. The van der Waals surface area contributed by atoms with Crippen LogP contribution in [0.1, 0.15) is 53.1 Å². The molecule has 0 radical (unpaired) electrons. The monoisotopic (exact) mass is 345 g/mol. The zero-order valence-corrected chi connectivity index (χ0v) is 13.5. The average molecular weight is 346 g/mol. The molecule has 2 aromatic rings. The fourth-order valence-electron chi connectivity index (χ4n) is 2.44. The molecule has 1 aliphatic rings. The maximum Gasteiger partial charge on any atom is 0.305 e. The Morgan fingerprint density at radius 3 is 2.71 bits per heavy atom. The fraction of sp³-hybridized carbons (Fsp3) is 0.294. The summed E-state index contributed by atoms with van der Waals surface area (Å²) in [4.78, 5) is 32.1. The summed E-state index contributed by atoms with van der Waals surface area (Å²) in [6.45, 7) is 0. The number of carbonyl (C=O) groups excluding carboxylic acids is 1. The van der Waals surface area contributed by atoms with Gasteiger partial charge in [0.1, 0.15) is 11.5 Å². The van der Waals surface area contributed by atoms with Gasteiger partial charge in [0.15, 0.2) is 0 Å². The number of hydrogen-bond donors (Lipinski definition) is 2. The molecule has 1 aromatic carbocycles. The number of nitrogens with one attached hydrogen (secondary N) is 1. The largest absolute Gasteiger partial charge is 0.481 e. The van der Waals surface area contributed by atoms with Crippen LogP contribution in [0.15, 0.2) is 36.5 Å². The van der Waals surface area contributed by atoms with Crippen molar-refractivity contribution in [2.75, 3.05) is 0 Å². The van der Waals surface area contributed by atoms with Crippen molar-refractivity contribution in [1.29, 1.82) is 0 Å². The number of benzene rings is 1. The van der Waals surface area contributed by atoms with Crippen LogP contribution in [0.5, 0.6) is 0 Å². The molecule has 0 unspecified atom stereocenters. The minimum Gasteiger partial charge on any atom is -0.481 e. The highest BCUT2D eigenvalue weighted by atomic mass is 35.5. The van der Waals surface area contributed by atoms with E-state index < -0.39 is 17.9 Å². The van der Waals surface area contributed by atoms with Crippen molar-refractivity contribution in [3.8, 4) is 0 Å². The highest BCUT2D eigenvalue weighted by molar-refractivity contribution is 6.31. The standard InChI is InChI=1S/C17H16ClN3O3/c18-12-4-2-1-3-11(12)14(9-15(22)23)21-17(24)13-7-8-19-16(20-13)10-5-6-10/h1-4,7-8,10,14H,5-6,9H2,(H,21,24)(H,22,23)/t14-/m0/s1. The van der Waals surface area contributed by atoms with E-state index in [1.165, 1.54) is 6.07 Å². The second-order valence-electron chi connectivity index (χ2n) is 5.72. The van der Waals surface area contributed by atoms with Crippen molar-refractivity contribution in [1.82, 2.24) is 15.3 Å². The summed E-state index contributed by atoms with van der Waals surface area (Å²) >= 11 is 6.14. The topological polar surface area (TPSA) is 92.2 Å². The Hall–Kier alpha value is -2.47. The summed E-state index contributed by atoms with van der Waals surface area (Å²) in [6.07, 6.45) is 3.35. The van der Waals surface area contributed by atoms with Gasteiger partial charge in [0.05, 0.1) is 12.5 Å². The summed E-state index contributed by atoms with van der Waals surface area (Å²) in [6, 6.07) is 7.64. The minimum absolute atomic E-state index is 0.231. The molecule has 124 valence electrons. The van der Waals surface area contributed by atoms with Gasteiger partial charge in [-0.3, -0.25) is 9.59 Å². The van der Waals surface area contributed by atoms with Crippen molar-refractivity contribution in [3.63, 3.8) is 0 Å². The molecule has 1 amide bonds. The molecular weight excluding hydrogens is 330 g/mol. The lowest BCUT2D eigenvalue weighted by atomic mass is 10.0. The number of halogens is 1. The molecule has 0 bridgehead atoms. The summed E-state index contributed by atoms with van der Waals surface area (Å²) in [5.41, 5.74) is 0.792. The molecule has 24 heavy (non-hydrogen) atoms. The van der Waals surface area contributed by atoms with Crippen LogP contribution in [-0.2, 0) is 4.79 Å². The Bertz CT molecular complexity index is 777. The molecule has 1 aliphatic carbocycles. The zero-order chi connectivity index (χ0) is 17.1. The smallest absolute Gasteiger partial charge is 0.305 e. The zero-order valence-electron chi connectivity index (χ0n) is 12.8. The molecule has 0 spiro atoms. The predicted octanol–water partition coefficient (Wildman–Crippen LogP) is 2.95. The number of hydrogen-bond acceptors (Lipinski definition) is 4. The molecule has 7 heteroatoms. The van der Waals surface area contributed by atoms with Gasteiger partial charge in [-0.2, -0.15) is 0 Å². The van der Waals surface area contributed by atoms with Gasteiger partial charge >= 0.3 is 5.97 Å². The molecule has 2 N–H and O–H groups in total. The van der Waals surface area contributed by atoms with Crippen LogP contribution in [-0.4, -0.2) is 27.0 Å². The van der Waals surface area contributed by atoms with Crippen LogP contribution in [0.3, 0.4) is 0 Å². The van der Waals surface area contributed by atoms with E-state index in [-0.39, 0.29) is 12.1 Å². The quantitative estimate of drug-likeness (QED) is 0.839. The van der Waals surface area contributed by atoms with Gasteiger partial charge in [-0.05, 0) is 30.5 Å². The van der Waals surface area contributed by atoms with E-state index >= 15 is 0 Å². The Morgan fingerprint density at radius 1 is 1.29 bits per heavy atom. The molecule has 0 aliphatic heterocycles. The highest BCUT2D eigenvalue weighted by Gasteiger charge is 2.28. The third-order valence-corrected chi connectivity index (χ3v) is 4.16. The Labute approximate surface area is 143 Å². The van der Waals surface area contributed by atoms with Crippen LogP contribution in [0.4, 0.5) is 0 Å². The maximum atomic E-state index is 12.5. The van der Waals surface area contributed by atoms with Gasteiger partial charge in [-0.15, -0.1) is 0 Å². The van der Waals surface area contributed by atoms with Crippen LogP contribution >= 0.6 is 11.6 Å². The predicted molar refractivity (Wildman–Crippen MR) is 87.9 cm³/mol. The number of carboxylic acid groups (broad SMARTS) is 1. The molecule has 1 fully saturated rings. The molecule has 6 nitrogen and oxygen atoms in total.